The lowest BCUT2D eigenvalue weighted by atomic mass is 10.2. The Balaban J connectivity index is 1.69. The van der Waals surface area contributed by atoms with Gasteiger partial charge in [-0.3, -0.25) is 14.0 Å². The molecule has 0 aliphatic carbocycles. The predicted molar refractivity (Wildman–Crippen MR) is 99.5 cm³/mol. The number of nitrogens with zero attached hydrogens (tertiary/aromatic N) is 4. The second kappa shape index (κ2) is 6.63. The highest BCUT2D eigenvalue weighted by atomic mass is 32.2. The number of carbonyl (C=O) groups excluding carboxylic acids is 2. The third-order valence-corrected chi connectivity index (χ3v) is 7.16. The summed E-state index contributed by atoms with van der Waals surface area (Å²) in [4.78, 5) is 33.5. The molecule has 27 heavy (non-hydrogen) atoms. The van der Waals surface area contributed by atoms with Gasteiger partial charge < -0.3 is 9.80 Å². The molecule has 4 rings (SSSR count). The van der Waals surface area contributed by atoms with E-state index in [4.69, 9.17) is 0 Å². The van der Waals surface area contributed by atoms with Crippen molar-refractivity contribution in [3.05, 3.63) is 35.9 Å². The molecule has 0 saturated carbocycles. The van der Waals surface area contributed by atoms with Crippen molar-refractivity contribution in [3.63, 3.8) is 0 Å². The molecule has 0 aromatic carbocycles. The quantitative estimate of drug-likeness (QED) is 0.774. The summed E-state index contributed by atoms with van der Waals surface area (Å²) < 4.78 is 25.1. The van der Waals surface area contributed by atoms with Gasteiger partial charge in [-0.15, -0.1) is 0 Å². The minimum Gasteiger partial charge on any atom is -0.337 e. The summed E-state index contributed by atoms with van der Waals surface area (Å²) in [5, 5.41) is 0. The number of amides is 2. The highest BCUT2D eigenvalue weighted by Gasteiger charge is 2.35. The first kappa shape index (κ1) is 18.0. The van der Waals surface area contributed by atoms with Crippen LogP contribution in [0.2, 0.25) is 0 Å². The molecule has 144 valence electrons. The lowest BCUT2D eigenvalue weighted by Crippen LogP contribution is -2.38. The van der Waals surface area contributed by atoms with Crippen LogP contribution in [0.3, 0.4) is 0 Å². The van der Waals surface area contributed by atoms with Crippen molar-refractivity contribution < 1.29 is 18.0 Å². The third kappa shape index (κ3) is 3.20. The maximum absolute atomic E-state index is 13.0. The van der Waals surface area contributed by atoms with Crippen molar-refractivity contribution in [2.45, 2.75) is 25.3 Å². The molecule has 8 nitrogen and oxygen atoms in total. The summed E-state index contributed by atoms with van der Waals surface area (Å²) in [5.41, 5.74) is 0.860. The monoisotopic (exact) mass is 390 g/mol. The lowest BCUT2D eigenvalue weighted by Gasteiger charge is -2.22. The summed E-state index contributed by atoms with van der Waals surface area (Å²) in [6, 6.07) is 4.98. The predicted octanol–water partition coefficient (Wildman–Crippen LogP) is 0.829. The lowest BCUT2D eigenvalue weighted by molar-refractivity contribution is 0.0734. The van der Waals surface area contributed by atoms with Crippen molar-refractivity contribution in [1.29, 1.82) is 0 Å². The zero-order valence-electron chi connectivity index (χ0n) is 15.2. The van der Waals surface area contributed by atoms with Crippen molar-refractivity contribution in [1.82, 2.24) is 19.2 Å². The van der Waals surface area contributed by atoms with E-state index in [-0.39, 0.29) is 40.9 Å². The van der Waals surface area contributed by atoms with E-state index >= 15 is 0 Å². The maximum atomic E-state index is 13.0. The Morgan fingerprint density at radius 3 is 2.63 bits per heavy atom. The van der Waals surface area contributed by atoms with Crippen LogP contribution in [0.1, 0.15) is 40.4 Å². The van der Waals surface area contributed by atoms with Gasteiger partial charge >= 0.3 is 0 Å². The van der Waals surface area contributed by atoms with E-state index in [1.807, 2.05) is 0 Å². The fraction of sp³-hybridized carbons (Fsp3) is 0.500. The highest BCUT2D eigenvalue weighted by Crippen LogP contribution is 2.22. The molecule has 0 spiro atoms. The molecule has 0 N–H and O–H groups in total. The number of aromatic nitrogens is 2. The van der Waals surface area contributed by atoms with Crippen LogP contribution < -0.4 is 0 Å². The van der Waals surface area contributed by atoms with Gasteiger partial charge in [0, 0.05) is 32.4 Å². The van der Waals surface area contributed by atoms with Gasteiger partial charge in [0.2, 0.25) is 5.82 Å². The average molecular weight is 390 g/mol. The summed E-state index contributed by atoms with van der Waals surface area (Å²) >= 11 is 0. The van der Waals surface area contributed by atoms with Crippen LogP contribution in [0.25, 0.3) is 5.52 Å². The van der Waals surface area contributed by atoms with E-state index in [0.29, 0.717) is 25.0 Å². The fourth-order valence-corrected chi connectivity index (χ4v) is 5.59. The smallest absolute Gasteiger partial charge is 0.290 e. The summed E-state index contributed by atoms with van der Waals surface area (Å²) in [6.07, 6.45) is 4.08. The van der Waals surface area contributed by atoms with Crippen molar-refractivity contribution in [2.24, 2.45) is 0 Å². The number of rotatable bonds is 3. The Morgan fingerprint density at radius 1 is 1.22 bits per heavy atom. The summed E-state index contributed by atoms with van der Waals surface area (Å²) in [5.74, 6) is -0.339. The molecule has 9 heteroatoms. The molecule has 2 aromatic heterocycles. The van der Waals surface area contributed by atoms with Gasteiger partial charge in [-0.2, -0.15) is 0 Å². The number of fused-ring (bicyclic) bond motifs is 1. The number of sulfone groups is 1. The minimum absolute atomic E-state index is 0.0296. The molecule has 2 amide bonds. The molecule has 0 radical (unpaired) electrons. The Bertz CT molecular complexity index is 1010. The van der Waals surface area contributed by atoms with Gasteiger partial charge in [-0.05, 0) is 31.4 Å². The van der Waals surface area contributed by atoms with Crippen molar-refractivity contribution in [3.8, 4) is 0 Å². The summed E-state index contributed by atoms with van der Waals surface area (Å²) in [7, 11) is -1.50. The zero-order valence-corrected chi connectivity index (χ0v) is 16.0. The van der Waals surface area contributed by atoms with Crippen molar-refractivity contribution in [2.75, 3.05) is 31.6 Å². The minimum atomic E-state index is -3.10. The molecular weight excluding hydrogens is 368 g/mol. The van der Waals surface area contributed by atoms with Crippen LogP contribution in [0.15, 0.2) is 24.4 Å². The second-order valence-electron chi connectivity index (χ2n) is 7.21. The SMILES string of the molecule is CN(C(=O)c1nc(C(=O)N2CCCC2)c2ccccn12)C1CCS(=O)(=O)C1. The standard InChI is InChI=1S/C18H22N4O4S/c1-20(13-7-11-27(25,26)12-13)18(24)16-19-15(14-6-2-3-10-22(14)16)17(23)21-8-4-5-9-21/h2-3,6,10,13H,4-5,7-9,11-12H2,1H3. The third-order valence-electron chi connectivity index (χ3n) is 5.41. The normalized spacial score (nSPS) is 21.7. The Kier molecular flexibility index (Phi) is 4.41. The zero-order chi connectivity index (χ0) is 19.2. The van der Waals surface area contributed by atoms with Crippen molar-refractivity contribution >= 4 is 27.2 Å². The van der Waals surface area contributed by atoms with E-state index in [9.17, 15) is 18.0 Å². The molecule has 1 atom stereocenters. The van der Waals surface area contributed by atoms with Crippen LogP contribution in [0, 0.1) is 0 Å². The van der Waals surface area contributed by atoms with Crippen LogP contribution in [0.5, 0.6) is 0 Å². The van der Waals surface area contributed by atoms with E-state index < -0.39 is 9.84 Å². The van der Waals surface area contributed by atoms with Gasteiger partial charge in [0.1, 0.15) is 0 Å². The molecule has 1 unspecified atom stereocenters. The van der Waals surface area contributed by atoms with E-state index in [1.54, 1.807) is 40.7 Å². The van der Waals surface area contributed by atoms with Gasteiger partial charge in [0.15, 0.2) is 15.5 Å². The van der Waals surface area contributed by atoms with Gasteiger partial charge in [0.05, 0.1) is 17.0 Å². The number of pyridine rings is 1. The highest BCUT2D eigenvalue weighted by molar-refractivity contribution is 7.91. The molecule has 2 aliphatic rings. The molecular formula is C18H22N4O4S. The molecule has 2 aliphatic heterocycles. The van der Waals surface area contributed by atoms with E-state index in [2.05, 4.69) is 4.98 Å². The molecule has 2 saturated heterocycles. The van der Waals surface area contributed by atoms with E-state index in [1.165, 1.54) is 4.90 Å². The second-order valence-corrected chi connectivity index (χ2v) is 9.44. The first-order valence-corrected chi connectivity index (χ1v) is 10.9. The molecule has 4 heterocycles. The Hall–Kier alpha value is -2.42. The molecule has 2 fully saturated rings. The first-order chi connectivity index (χ1) is 12.9. The number of hydrogen-bond donors (Lipinski definition) is 0. The number of imidazole rings is 1. The van der Waals surface area contributed by atoms with Gasteiger partial charge in [0.25, 0.3) is 11.8 Å². The largest absolute Gasteiger partial charge is 0.337 e. The van der Waals surface area contributed by atoms with Crippen LogP contribution in [-0.2, 0) is 9.84 Å². The fourth-order valence-electron chi connectivity index (χ4n) is 3.82. The van der Waals surface area contributed by atoms with E-state index in [0.717, 1.165) is 12.8 Å². The maximum Gasteiger partial charge on any atom is 0.290 e. The molecule has 2 aromatic rings. The van der Waals surface area contributed by atoms with Crippen LogP contribution in [0.4, 0.5) is 0 Å². The first-order valence-electron chi connectivity index (χ1n) is 9.11. The van der Waals surface area contributed by atoms with Gasteiger partial charge in [-0.1, -0.05) is 6.07 Å². The number of hydrogen-bond acceptors (Lipinski definition) is 5. The average Bonchev–Trinajstić information content (AvgIpc) is 3.38. The topological polar surface area (TPSA) is 92.1 Å². The number of likely N-dealkylation sites (tertiary alicyclic amines) is 1. The summed E-state index contributed by atoms with van der Waals surface area (Å²) in [6.45, 7) is 1.40. The number of carbonyl (C=O) groups is 2. The molecule has 0 bridgehead atoms. The van der Waals surface area contributed by atoms with Crippen LogP contribution >= 0.6 is 0 Å². The Morgan fingerprint density at radius 2 is 1.96 bits per heavy atom. The Labute approximate surface area is 157 Å². The van der Waals surface area contributed by atoms with Crippen LogP contribution in [-0.4, -0.2) is 77.1 Å². The van der Waals surface area contributed by atoms with Gasteiger partial charge in [-0.25, -0.2) is 13.4 Å².